The van der Waals surface area contributed by atoms with Gasteiger partial charge in [-0.15, -0.1) is 0 Å². The lowest BCUT2D eigenvalue weighted by Gasteiger charge is -1.96. The number of nitrogens with zero attached hydrogens (tertiary/aromatic N) is 1. The molecule has 0 bridgehead atoms. The van der Waals surface area contributed by atoms with Gasteiger partial charge >= 0.3 is 0 Å². The van der Waals surface area contributed by atoms with Crippen LogP contribution in [-0.2, 0) is 5.33 Å². The summed E-state index contributed by atoms with van der Waals surface area (Å²) in [5.74, 6) is -0.512. The van der Waals surface area contributed by atoms with Crippen LogP contribution in [0.15, 0.2) is 12.1 Å². The summed E-state index contributed by atoms with van der Waals surface area (Å²) in [6, 6.07) is 2.89. The maximum Gasteiger partial charge on any atom is 0.165 e. The van der Waals surface area contributed by atoms with Gasteiger partial charge in [-0.3, -0.25) is 0 Å². The van der Waals surface area contributed by atoms with Gasteiger partial charge in [0.05, 0.1) is 5.69 Å². The molecular weight excluding hydrogens is 199 g/mol. The van der Waals surface area contributed by atoms with Crippen LogP contribution in [-0.4, -0.2) is 4.98 Å². The summed E-state index contributed by atoms with van der Waals surface area (Å²) < 4.78 is 12.4. The molecule has 1 heterocycles. The zero-order valence-corrected chi connectivity index (χ0v) is 6.73. The van der Waals surface area contributed by atoms with Gasteiger partial charge in [0.25, 0.3) is 0 Å². The van der Waals surface area contributed by atoms with Gasteiger partial charge in [-0.05, 0) is 12.1 Å². The summed E-state index contributed by atoms with van der Waals surface area (Å²) in [4.78, 5) is 3.75. The number of nitrogens with two attached hydrogens (primary N) is 1. The maximum atomic E-state index is 12.4. The molecule has 10 heavy (non-hydrogen) atoms. The van der Waals surface area contributed by atoms with E-state index in [2.05, 4.69) is 20.9 Å². The standard InChI is InChI=1S/C6H6BrFN2/c7-3-4-1-2-5(8)6(9)10-4/h1-2H,3H2,(H2,9,10). The average Bonchev–Trinajstić information content (AvgIpc) is 1.95. The van der Waals surface area contributed by atoms with Gasteiger partial charge in [0, 0.05) is 5.33 Å². The molecule has 0 atom stereocenters. The normalized spacial score (nSPS) is 9.80. The quantitative estimate of drug-likeness (QED) is 0.708. The van der Waals surface area contributed by atoms with E-state index in [-0.39, 0.29) is 5.82 Å². The minimum Gasteiger partial charge on any atom is -0.381 e. The van der Waals surface area contributed by atoms with Crippen molar-refractivity contribution < 1.29 is 4.39 Å². The van der Waals surface area contributed by atoms with Crippen molar-refractivity contribution in [1.82, 2.24) is 4.98 Å². The highest BCUT2D eigenvalue weighted by atomic mass is 79.9. The van der Waals surface area contributed by atoms with E-state index in [0.29, 0.717) is 5.33 Å². The van der Waals surface area contributed by atoms with E-state index in [0.717, 1.165) is 5.69 Å². The van der Waals surface area contributed by atoms with Crippen LogP contribution in [0.2, 0.25) is 0 Å². The zero-order chi connectivity index (χ0) is 7.56. The van der Waals surface area contributed by atoms with E-state index in [1.807, 2.05) is 0 Å². The van der Waals surface area contributed by atoms with Crippen molar-refractivity contribution in [3.63, 3.8) is 0 Å². The van der Waals surface area contributed by atoms with Gasteiger partial charge in [-0.1, -0.05) is 15.9 Å². The fourth-order valence-corrected chi connectivity index (χ4v) is 0.887. The summed E-state index contributed by atoms with van der Waals surface area (Å²) in [6.45, 7) is 0. The maximum absolute atomic E-state index is 12.4. The van der Waals surface area contributed by atoms with Crippen molar-refractivity contribution in [2.24, 2.45) is 0 Å². The molecule has 4 heteroatoms. The minimum absolute atomic E-state index is 0.0445. The topological polar surface area (TPSA) is 38.9 Å². The van der Waals surface area contributed by atoms with Gasteiger partial charge in [-0.25, -0.2) is 9.37 Å². The largest absolute Gasteiger partial charge is 0.381 e. The lowest BCUT2D eigenvalue weighted by Crippen LogP contribution is -1.96. The first-order valence-corrected chi connectivity index (χ1v) is 3.83. The zero-order valence-electron chi connectivity index (χ0n) is 5.14. The van der Waals surface area contributed by atoms with Crippen molar-refractivity contribution in [3.8, 4) is 0 Å². The molecular formula is C6H6BrFN2. The van der Waals surface area contributed by atoms with Gasteiger partial charge in [-0.2, -0.15) is 0 Å². The molecule has 0 saturated heterocycles. The first-order chi connectivity index (χ1) is 4.74. The Balaban J connectivity index is 3.04. The molecule has 0 aliphatic carbocycles. The molecule has 0 amide bonds. The van der Waals surface area contributed by atoms with E-state index in [9.17, 15) is 4.39 Å². The summed E-state index contributed by atoms with van der Waals surface area (Å²) in [5.41, 5.74) is 5.92. The number of halogens is 2. The van der Waals surface area contributed by atoms with Gasteiger partial charge < -0.3 is 5.73 Å². The molecule has 1 rings (SSSR count). The van der Waals surface area contributed by atoms with E-state index in [4.69, 9.17) is 5.73 Å². The van der Waals surface area contributed by atoms with E-state index < -0.39 is 5.82 Å². The summed E-state index contributed by atoms with van der Waals surface area (Å²) in [7, 11) is 0. The molecule has 2 nitrogen and oxygen atoms in total. The number of hydrogen-bond acceptors (Lipinski definition) is 2. The number of hydrogen-bond donors (Lipinski definition) is 1. The van der Waals surface area contributed by atoms with Gasteiger partial charge in [0.2, 0.25) is 0 Å². The Morgan fingerprint density at radius 2 is 2.30 bits per heavy atom. The first-order valence-electron chi connectivity index (χ1n) is 2.71. The summed E-state index contributed by atoms with van der Waals surface area (Å²) in [5, 5.41) is 0.595. The Hall–Kier alpha value is -0.640. The third-order valence-corrected chi connectivity index (χ3v) is 1.64. The molecule has 0 aliphatic rings. The van der Waals surface area contributed by atoms with Crippen LogP contribution in [0.3, 0.4) is 0 Å². The van der Waals surface area contributed by atoms with Gasteiger partial charge in [0.1, 0.15) is 0 Å². The lowest BCUT2D eigenvalue weighted by atomic mass is 10.4. The van der Waals surface area contributed by atoms with Crippen LogP contribution in [0.25, 0.3) is 0 Å². The molecule has 54 valence electrons. The number of pyridine rings is 1. The fourth-order valence-electron chi connectivity index (χ4n) is 0.575. The van der Waals surface area contributed by atoms with E-state index in [1.165, 1.54) is 6.07 Å². The smallest absolute Gasteiger partial charge is 0.165 e. The number of aromatic nitrogens is 1. The Morgan fingerprint density at radius 3 is 2.80 bits per heavy atom. The molecule has 1 aromatic heterocycles. The van der Waals surface area contributed by atoms with Crippen LogP contribution in [0.5, 0.6) is 0 Å². The third kappa shape index (κ3) is 1.44. The molecule has 0 aromatic carbocycles. The molecule has 0 saturated carbocycles. The van der Waals surface area contributed by atoms with Crippen LogP contribution in [0.4, 0.5) is 10.2 Å². The Bertz CT molecular complexity index is 239. The second kappa shape index (κ2) is 2.96. The average molecular weight is 205 g/mol. The monoisotopic (exact) mass is 204 g/mol. The number of alkyl halides is 1. The Kier molecular flexibility index (Phi) is 2.21. The highest BCUT2D eigenvalue weighted by Gasteiger charge is 1.98. The highest BCUT2D eigenvalue weighted by Crippen LogP contribution is 2.08. The number of nitrogen functional groups attached to an aromatic ring is 1. The lowest BCUT2D eigenvalue weighted by molar-refractivity contribution is 0.626. The van der Waals surface area contributed by atoms with Crippen molar-refractivity contribution in [2.75, 3.05) is 5.73 Å². The molecule has 2 N–H and O–H groups in total. The second-order valence-corrected chi connectivity index (χ2v) is 2.36. The van der Waals surface area contributed by atoms with Gasteiger partial charge in [0.15, 0.2) is 11.6 Å². The van der Waals surface area contributed by atoms with Crippen LogP contribution >= 0.6 is 15.9 Å². The number of rotatable bonds is 1. The Morgan fingerprint density at radius 1 is 1.60 bits per heavy atom. The van der Waals surface area contributed by atoms with Crippen LogP contribution in [0.1, 0.15) is 5.69 Å². The van der Waals surface area contributed by atoms with Crippen LogP contribution < -0.4 is 5.73 Å². The van der Waals surface area contributed by atoms with E-state index in [1.54, 1.807) is 6.07 Å². The van der Waals surface area contributed by atoms with Crippen molar-refractivity contribution in [1.29, 1.82) is 0 Å². The molecule has 0 unspecified atom stereocenters. The van der Waals surface area contributed by atoms with E-state index >= 15 is 0 Å². The summed E-state index contributed by atoms with van der Waals surface area (Å²) >= 11 is 3.18. The molecule has 1 aromatic rings. The van der Waals surface area contributed by atoms with Crippen LogP contribution in [0, 0.1) is 5.82 Å². The third-order valence-electron chi connectivity index (χ3n) is 1.07. The Labute approximate surface area is 66.4 Å². The van der Waals surface area contributed by atoms with Crippen molar-refractivity contribution >= 4 is 21.7 Å². The fraction of sp³-hybridized carbons (Fsp3) is 0.167. The van der Waals surface area contributed by atoms with Crippen molar-refractivity contribution in [2.45, 2.75) is 5.33 Å². The predicted octanol–water partition coefficient (Wildman–Crippen LogP) is 1.70. The molecule has 0 aliphatic heterocycles. The molecule has 0 radical (unpaired) electrons. The summed E-state index contributed by atoms with van der Waals surface area (Å²) in [6.07, 6.45) is 0. The molecule has 0 spiro atoms. The SMILES string of the molecule is Nc1nc(CBr)ccc1F. The predicted molar refractivity (Wildman–Crippen MR) is 41.2 cm³/mol. The number of anilines is 1. The minimum atomic E-state index is -0.468. The molecule has 0 fully saturated rings. The second-order valence-electron chi connectivity index (χ2n) is 1.80. The first kappa shape index (κ1) is 7.47. The highest BCUT2D eigenvalue weighted by molar-refractivity contribution is 9.08. The van der Waals surface area contributed by atoms with Crippen molar-refractivity contribution in [3.05, 3.63) is 23.6 Å².